The van der Waals surface area contributed by atoms with Gasteiger partial charge in [-0.2, -0.15) is 0 Å². The van der Waals surface area contributed by atoms with Crippen LogP contribution < -0.4 is 5.56 Å². The fraction of sp³-hybridized carbons (Fsp3) is 0.182. The Bertz CT molecular complexity index is 599. The van der Waals surface area contributed by atoms with Gasteiger partial charge >= 0.3 is 0 Å². The molecule has 1 heterocycles. The van der Waals surface area contributed by atoms with Crippen molar-refractivity contribution in [3.8, 4) is 5.88 Å². The monoisotopic (exact) mass is 205 g/mol. The maximum Gasteiger partial charge on any atom is 0.294 e. The van der Waals surface area contributed by atoms with Gasteiger partial charge in [-0.25, -0.2) is 0 Å². The Hall–Kier alpha value is -1.97. The van der Waals surface area contributed by atoms with Gasteiger partial charge in [-0.1, -0.05) is 12.1 Å². The first-order valence-corrected chi connectivity index (χ1v) is 4.56. The number of nitrogens with zero attached hydrogens (tertiary/aromatic N) is 1. The standard InChI is InChI=1S/C11H11NO3/c1-6-3-4-7(2)10-8(6)5-9(13)12(15)11(10)14/h3-5,13,15H,1-2H3. The summed E-state index contributed by atoms with van der Waals surface area (Å²) in [6.45, 7) is 3.64. The van der Waals surface area contributed by atoms with Gasteiger partial charge in [0.15, 0.2) is 0 Å². The number of hydrogen-bond acceptors (Lipinski definition) is 3. The summed E-state index contributed by atoms with van der Waals surface area (Å²) in [6.07, 6.45) is 0. The van der Waals surface area contributed by atoms with E-state index in [0.29, 0.717) is 10.8 Å². The number of fused-ring (bicyclic) bond motifs is 1. The zero-order valence-corrected chi connectivity index (χ0v) is 8.48. The van der Waals surface area contributed by atoms with Gasteiger partial charge in [-0.15, -0.1) is 4.73 Å². The van der Waals surface area contributed by atoms with Crippen LogP contribution in [0.1, 0.15) is 11.1 Å². The van der Waals surface area contributed by atoms with E-state index in [9.17, 15) is 15.1 Å². The van der Waals surface area contributed by atoms with Gasteiger partial charge in [-0.3, -0.25) is 4.79 Å². The van der Waals surface area contributed by atoms with Crippen molar-refractivity contribution in [1.29, 1.82) is 0 Å². The first-order valence-electron chi connectivity index (χ1n) is 4.56. The molecule has 78 valence electrons. The summed E-state index contributed by atoms with van der Waals surface area (Å²) in [5.74, 6) is -0.443. The first-order chi connectivity index (χ1) is 7.02. The normalized spacial score (nSPS) is 10.8. The number of benzene rings is 1. The highest BCUT2D eigenvalue weighted by molar-refractivity contribution is 5.88. The molecule has 0 atom stereocenters. The Morgan fingerprint density at radius 1 is 1.20 bits per heavy atom. The molecular weight excluding hydrogens is 194 g/mol. The topological polar surface area (TPSA) is 62.5 Å². The number of aromatic hydroxyl groups is 1. The van der Waals surface area contributed by atoms with Gasteiger partial charge in [0.2, 0.25) is 5.88 Å². The lowest BCUT2D eigenvalue weighted by molar-refractivity contribution is 0.145. The smallest absolute Gasteiger partial charge is 0.294 e. The summed E-state index contributed by atoms with van der Waals surface area (Å²) in [5.41, 5.74) is 1.08. The van der Waals surface area contributed by atoms with Crippen LogP contribution in [-0.4, -0.2) is 15.0 Å². The van der Waals surface area contributed by atoms with E-state index in [0.717, 1.165) is 11.1 Å². The summed E-state index contributed by atoms with van der Waals surface area (Å²) in [4.78, 5) is 11.7. The van der Waals surface area contributed by atoms with E-state index < -0.39 is 11.4 Å². The Labute approximate surface area is 86.0 Å². The van der Waals surface area contributed by atoms with Gasteiger partial charge in [0.1, 0.15) is 0 Å². The molecule has 4 heteroatoms. The van der Waals surface area contributed by atoms with Crippen molar-refractivity contribution in [2.45, 2.75) is 13.8 Å². The Morgan fingerprint density at radius 3 is 2.47 bits per heavy atom. The van der Waals surface area contributed by atoms with Crippen molar-refractivity contribution in [2.75, 3.05) is 0 Å². The molecule has 0 unspecified atom stereocenters. The molecular formula is C11H11NO3. The fourth-order valence-electron chi connectivity index (χ4n) is 1.70. The second-order valence-electron chi connectivity index (χ2n) is 3.61. The number of pyridine rings is 1. The van der Waals surface area contributed by atoms with Crippen LogP contribution in [0, 0.1) is 13.8 Å². The lowest BCUT2D eigenvalue weighted by Gasteiger charge is -2.07. The highest BCUT2D eigenvalue weighted by Gasteiger charge is 2.10. The van der Waals surface area contributed by atoms with Crippen LogP contribution in [0.5, 0.6) is 5.88 Å². The lowest BCUT2D eigenvalue weighted by atomic mass is 10.0. The van der Waals surface area contributed by atoms with E-state index in [4.69, 9.17) is 0 Å². The predicted octanol–water partition coefficient (Wildman–Crippen LogP) is 1.56. The highest BCUT2D eigenvalue weighted by Crippen LogP contribution is 2.21. The average Bonchev–Trinajstić information content (AvgIpc) is 2.20. The van der Waals surface area contributed by atoms with Crippen molar-refractivity contribution < 1.29 is 10.3 Å². The molecule has 0 amide bonds. The molecule has 0 saturated heterocycles. The fourth-order valence-corrected chi connectivity index (χ4v) is 1.70. The molecule has 0 aliphatic carbocycles. The SMILES string of the molecule is Cc1ccc(C)c2c(=O)n(O)c(O)cc12. The van der Waals surface area contributed by atoms with Crippen molar-refractivity contribution >= 4 is 10.8 Å². The van der Waals surface area contributed by atoms with Gasteiger partial charge in [0.05, 0.1) is 5.39 Å². The summed E-state index contributed by atoms with van der Waals surface area (Å²) in [7, 11) is 0. The van der Waals surface area contributed by atoms with Crippen molar-refractivity contribution in [1.82, 2.24) is 4.73 Å². The number of hydrogen-bond donors (Lipinski definition) is 2. The van der Waals surface area contributed by atoms with Crippen LogP contribution in [-0.2, 0) is 0 Å². The summed E-state index contributed by atoms with van der Waals surface area (Å²) in [5, 5.41) is 19.7. The van der Waals surface area contributed by atoms with Gasteiger partial charge in [0.25, 0.3) is 5.56 Å². The molecule has 0 fully saturated rings. The molecule has 0 spiro atoms. The molecule has 0 aliphatic heterocycles. The van der Waals surface area contributed by atoms with E-state index in [1.54, 1.807) is 6.92 Å². The lowest BCUT2D eigenvalue weighted by Crippen LogP contribution is -2.18. The number of aryl methyl sites for hydroxylation is 2. The first kappa shape index (κ1) is 9.58. The third-order valence-corrected chi connectivity index (χ3v) is 2.57. The molecule has 0 aliphatic rings. The van der Waals surface area contributed by atoms with Crippen LogP contribution in [0.25, 0.3) is 10.8 Å². The minimum absolute atomic E-state index is 0.259. The Kier molecular flexibility index (Phi) is 1.93. The zero-order valence-electron chi connectivity index (χ0n) is 8.48. The molecule has 2 aromatic rings. The van der Waals surface area contributed by atoms with Gasteiger partial charge in [0, 0.05) is 6.07 Å². The van der Waals surface area contributed by atoms with E-state index in [1.807, 2.05) is 19.1 Å². The summed E-state index contributed by atoms with van der Waals surface area (Å²) >= 11 is 0. The minimum atomic E-state index is -0.591. The van der Waals surface area contributed by atoms with Crippen LogP contribution in [0.4, 0.5) is 0 Å². The second-order valence-corrected chi connectivity index (χ2v) is 3.61. The van der Waals surface area contributed by atoms with Gasteiger partial charge in [-0.05, 0) is 30.4 Å². The number of aromatic nitrogens is 1. The molecule has 15 heavy (non-hydrogen) atoms. The van der Waals surface area contributed by atoms with E-state index >= 15 is 0 Å². The van der Waals surface area contributed by atoms with Crippen LogP contribution >= 0.6 is 0 Å². The molecule has 0 radical (unpaired) electrons. The zero-order chi connectivity index (χ0) is 11.2. The summed E-state index contributed by atoms with van der Waals surface area (Å²) in [6, 6.07) is 5.08. The van der Waals surface area contributed by atoms with Crippen LogP contribution in [0.3, 0.4) is 0 Å². The minimum Gasteiger partial charge on any atom is -0.492 e. The average molecular weight is 205 g/mol. The quantitative estimate of drug-likeness (QED) is 0.641. The maximum atomic E-state index is 11.7. The molecule has 2 rings (SSSR count). The molecule has 4 nitrogen and oxygen atoms in total. The largest absolute Gasteiger partial charge is 0.492 e. The van der Waals surface area contributed by atoms with Crippen molar-refractivity contribution in [3.05, 3.63) is 39.7 Å². The van der Waals surface area contributed by atoms with E-state index in [2.05, 4.69) is 0 Å². The number of rotatable bonds is 0. The maximum absolute atomic E-state index is 11.7. The third kappa shape index (κ3) is 1.26. The van der Waals surface area contributed by atoms with Gasteiger partial charge < -0.3 is 10.3 Å². The Morgan fingerprint density at radius 2 is 1.80 bits per heavy atom. The Balaban J connectivity index is 3.12. The van der Waals surface area contributed by atoms with E-state index in [-0.39, 0.29) is 4.73 Å². The molecule has 0 bridgehead atoms. The molecule has 0 saturated carbocycles. The molecule has 2 N–H and O–H groups in total. The van der Waals surface area contributed by atoms with Crippen molar-refractivity contribution in [3.63, 3.8) is 0 Å². The van der Waals surface area contributed by atoms with E-state index in [1.165, 1.54) is 6.07 Å². The highest BCUT2D eigenvalue weighted by atomic mass is 16.5. The third-order valence-electron chi connectivity index (χ3n) is 2.57. The predicted molar refractivity (Wildman–Crippen MR) is 56.5 cm³/mol. The van der Waals surface area contributed by atoms with Crippen LogP contribution in [0.2, 0.25) is 0 Å². The second kappa shape index (κ2) is 3.02. The summed E-state index contributed by atoms with van der Waals surface area (Å²) < 4.78 is 0.259. The molecule has 1 aromatic heterocycles. The van der Waals surface area contributed by atoms with Crippen LogP contribution in [0.15, 0.2) is 23.0 Å². The molecule has 1 aromatic carbocycles. The van der Waals surface area contributed by atoms with Crippen molar-refractivity contribution in [2.24, 2.45) is 0 Å².